The van der Waals surface area contributed by atoms with Crippen LogP contribution in [0.3, 0.4) is 0 Å². The second kappa shape index (κ2) is 13.6. The molecule has 55 heavy (non-hydrogen) atoms. The Balaban J connectivity index is 0.932. The first kappa shape index (κ1) is 35.9. The van der Waals surface area contributed by atoms with Gasteiger partial charge in [0.05, 0.1) is 23.1 Å². The number of nitrogens with one attached hydrogen (secondary N) is 2. The summed E-state index contributed by atoms with van der Waals surface area (Å²) in [4.78, 5) is 74.7. The Morgan fingerprint density at radius 3 is 2.51 bits per heavy atom. The Morgan fingerprint density at radius 1 is 1.00 bits per heavy atom. The summed E-state index contributed by atoms with van der Waals surface area (Å²) in [5.41, 5.74) is 14.5. The van der Waals surface area contributed by atoms with Crippen LogP contribution in [0.25, 0.3) is 16.5 Å². The molecule has 278 valence electrons. The number of nitrogens with zero attached hydrogens (tertiary/aromatic N) is 3. The Kier molecular flexibility index (Phi) is 8.87. The summed E-state index contributed by atoms with van der Waals surface area (Å²) in [6.45, 7) is 8.34. The number of rotatable bonds is 9. The molecule has 0 saturated carbocycles. The van der Waals surface area contributed by atoms with Crippen LogP contribution in [-0.2, 0) is 21.4 Å². The fourth-order valence-electron chi connectivity index (χ4n) is 8.84. The zero-order chi connectivity index (χ0) is 38.8. The first-order valence-electron chi connectivity index (χ1n) is 18.9. The minimum absolute atomic E-state index is 0.0352. The van der Waals surface area contributed by atoms with Crippen LogP contribution >= 0.6 is 0 Å². The minimum atomic E-state index is -0.793. The Hall–Kier alpha value is -6.15. The highest BCUT2D eigenvalue weighted by Gasteiger charge is 2.42. The van der Waals surface area contributed by atoms with Gasteiger partial charge in [0.2, 0.25) is 11.8 Å². The van der Waals surface area contributed by atoms with E-state index in [4.69, 9.17) is 10.7 Å². The van der Waals surface area contributed by atoms with E-state index in [9.17, 15) is 29.2 Å². The number of anilines is 1. The molecule has 4 N–H and O–H groups in total. The number of amides is 2. The van der Waals surface area contributed by atoms with E-state index in [1.807, 2.05) is 30.5 Å². The predicted molar refractivity (Wildman–Crippen MR) is 209 cm³/mol. The highest BCUT2D eigenvalue weighted by atomic mass is 16.2. The number of ketones is 3. The monoisotopic (exact) mass is 734 g/mol. The van der Waals surface area contributed by atoms with Gasteiger partial charge in [-0.25, -0.2) is 0 Å². The lowest BCUT2D eigenvalue weighted by Crippen LogP contribution is -2.48. The van der Waals surface area contributed by atoms with Gasteiger partial charge in [-0.1, -0.05) is 26.8 Å². The van der Waals surface area contributed by atoms with Gasteiger partial charge >= 0.3 is 0 Å². The first-order chi connectivity index (χ1) is 26.4. The molecule has 2 atom stereocenters. The predicted octanol–water partition coefficient (Wildman–Crippen LogP) is 5.81. The zero-order valence-corrected chi connectivity index (χ0v) is 31.1. The standard InChI is InChI=1S/C44H42N6O5/c1-4-25-14-34-35(44(2,3)42-38(41(34)54)30-9-5-23(17-45)13-36(30)48-42)16-32(25)27(18-46)20-47-19-24-21-50(22-24)28-8-11-29-33(15-28)40(53)31(39(29)52)10-6-26-7-12-37(51)49-43(26)55/h5,8-9,11,13-16,18,20,24,26,31,48H,4,6-7,10,12,19,21-22,46H2,1-3H3,(H,49,51,55)/b27-18+,47-20?. The Labute approximate surface area is 318 Å². The highest BCUT2D eigenvalue weighted by Crippen LogP contribution is 2.45. The fraction of sp³-hybridized carbons (Fsp3) is 0.341. The number of fused-ring (bicyclic) bond motifs is 5. The van der Waals surface area contributed by atoms with Crippen molar-refractivity contribution < 1.29 is 24.0 Å². The van der Waals surface area contributed by atoms with Crippen molar-refractivity contribution in [3.05, 3.63) is 105 Å². The molecule has 1 aromatic heterocycles. The third-order valence-electron chi connectivity index (χ3n) is 12.1. The van der Waals surface area contributed by atoms with Gasteiger partial charge in [-0.15, -0.1) is 0 Å². The maximum Gasteiger partial charge on any atom is 0.229 e. The van der Waals surface area contributed by atoms with E-state index in [1.54, 1.807) is 24.4 Å². The van der Waals surface area contributed by atoms with Crippen LogP contribution in [0.4, 0.5) is 5.69 Å². The summed E-state index contributed by atoms with van der Waals surface area (Å²) in [5.74, 6) is -1.91. The average Bonchev–Trinajstić information content (AvgIpc) is 3.67. The van der Waals surface area contributed by atoms with E-state index in [0.717, 1.165) is 57.6 Å². The molecule has 0 bridgehead atoms. The van der Waals surface area contributed by atoms with Crippen LogP contribution in [0.1, 0.15) is 111 Å². The van der Waals surface area contributed by atoms with E-state index in [0.29, 0.717) is 53.6 Å². The number of nitrogens with two attached hydrogens (primary N) is 1. The molecule has 8 rings (SSSR count). The van der Waals surface area contributed by atoms with Crippen molar-refractivity contribution in [3.63, 3.8) is 0 Å². The topological polar surface area (TPSA) is 179 Å². The average molecular weight is 735 g/mol. The molecule has 2 saturated heterocycles. The van der Waals surface area contributed by atoms with Gasteiger partial charge in [0.25, 0.3) is 0 Å². The lowest BCUT2D eigenvalue weighted by Gasteiger charge is -2.40. The molecule has 2 amide bonds. The van der Waals surface area contributed by atoms with Crippen LogP contribution < -0.4 is 16.0 Å². The van der Waals surface area contributed by atoms with Gasteiger partial charge in [0, 0.05) is 100 Å². The second-order valence-corrected chi connectivity index (χ2v) is 15.7. The van der Waals surface area contributed by atoms with Gasteiger partial charge < -0.3 is 15.6 Å². The molecule has 11 nitrogen and oxygen atoms in total. The number of carbonyl (C=O) groups excluding carboxylic acids is 5. The molecule has 3 heterocycles. The first-order valence-corrected chi connectivity index (χ1v) is 18.9. The summed E-state index contributed by atoms with van der Waals surface area (Å²) < 4.78 is 0. The molecule has 4 aromatic rings. The molecule has 0 radical (unpaired) electrons. The highest BCUT2D eigenvalue weighted by molar-refractivity contribution is 6.26. The third kappa shape index (κ3) is 5.97. The van der Waals surface area contributed by atoms with Crippen molar-refractivity contribution in [2.45, 2.75) is 58.3 Å². The number of allylic oxidation sites excluding steroid dienone is 1. The van der Waals surface area contributed by atoms with Crippen LogP contribution in [0, 0.1) is 29.1 Å². The Morgan fingerprint density at radius 2 is 1.78 bits per heavy atom. The van der Waals surface area contributed by atoms with Crippen molar-refractivity contribution in [1.82, 2.24) is 10.3 Å². The smallest absolute Gasteiger partial charge is 0.229 e. The molecule has 3 aromatic carbocycles. The molecule has 2 unspecified atom stereocenters. The number of imide groups is 1. The number of hydrogen-bond donors (Lipinski definition) is 3. The molecule has 2 aliphatic heterocycles. The van der Waals surface area contributed by atoms with Crippen LogP contribution in [0.15, 0.2) is 59.7 Å². The fourth-order valence-corrected chi connectivity index (χ4v) is 8.84. The number of benzene rings is 3. The van der Waals surface area contributed by atoms with Crippen molar-refractivity contribution in [2.75, 3.05) is 24.5 Å². The molecule has 0 spiro atoms. The lowest BCUT2D eigenvalue weighted by atomic mass is 9.70. The minimum Gasteiger partial charge on any atom is -0.404 e. The van der Waals surface area contributed by atoms with Crippen molar-refractivity contribution in [2.24, 2.45) is 28.5 Å². The van der Waals surface area contributed by atoms with Gasteiger partial charge in [0.1, 0.15) is 0 Å². The summed E-state index contributed by atoms with van der Waals surface area (Å²) >= 11 is 0. The largest absolute Gasteiger partial charge is 0.404 e. The van der Waals surface area contributed by atoms with Gasteiger partial charge in [-0.3, -0.25) is 34.3 Å². The second-order valence-electron chi connectivity index (χ2n) is 15.7. The maximum atomic E-state index is 14.1. The van der Waals surface area contributed by atoms with E-state index >= 15 is 0 Å². The summed E-state index contributed by atoms with van der Waals surface area (Å²) in [6, 6.07) is 17.1. The number of aromatic amines is 1. The molecule has 4 aliphatic rings. The van der Waals surface area contributed by atoms with Gasteiger partial charge in [-0.2, -0.15) is 5.26 Å². The number of carbonyl (C=O) groups is 5. The summed E-state index contributed by atoms with van der Waals surface area (Å²) in [6.07, 6.45) is 5.46. The third-order valence-corrected chi connectivity index (χ3v) is 12.1. The quantitative estimate of drug-likeness (QED) is 0.110. The number of Topliss-reactive ketones (excluding diaryl/α,β-unsaturated/α-hetero) is 2. The van der Waals surface area contributed by atoms with E-state index in [-0.39, 0.29) is 53.8 Å². The van der Waals surface area contributed by atoms with Crippen LogP contribution in [0.2, 0.25) is 0 Å². The molecule has 2 fully saturated rings. The summed E-state index contributed by atoms with van der Waals surface area (Å²) in [7, 11) is 0. The summed E-state index contributed by atoms with van der Waals surface area (Å²) in [5, 5.41) is 12.6. The van der Waals surface area contributed by atoms with E-state index in [2.05, 4.69) is 48.1 Å². The van der Waals surface area contributed by atoms with E-state index < -0.39 is 11.3 Å². The maximum absolute atomic E-state index is 14.1. The number of hydrogen-bond acceptors (Lipinski definition) is 9. The number of piperidine rings is 1. The van der Waals surface area contributed by atoms with Gasteiger partial charge in [-0.05, 0) is 84.8 Å². The zero-order valence-electron chi connectivity index (χ0n) is 31.1. The number of H-pyrrole nitrogens is 1. The lowest BCUT2D eigenvalue weighted by molar-refractivity contribution is -0.136. The molecular formula is C44H42N6O5. The molecule has 11 heteroatoms. The van der Waals surface area contributed by atoms with Crippen molar-refractivity contribution in [1.29, 1.82) is 5.26 Å². The number of aromatic nitrogens is 1. The van der Waals surface area contributed by atoms with Crippen molar-refractivity contribution in [3.8, 4) is 6.07 Å². The molecular weight excluding hydrogens is 693 g/mol. The van der Waals surface area contributed by atoms with Crippen LogP contribution in [0.5, 0.6) is 0 Å². The van der Waals surface area contributed by atoms with Crippen molar-refractivity contribution >= 4 is 57.5 Å². The van der Waals surface area contributed by atoms with Crippen LogP contribution in [-0.4, -0.2) is 60.0 Å². The number of aliphatic imine (C=N–C) groups is 1. The normalized spacial score (nSPS) is 20.7. The number of aryl methyl sites for hydroxylation is 1. The van der Waals surface area contributed by atoms with Gasteiger partial charge in [0.15, 0.2) is 17.3 Å². The van der Waals surface area contributed by atoms with E-state index in [1.165, 1.54) is 0 Å². The number of nitriles is 1. The molecule has 2 aliphatic carbocycles. The Bertz CT molecular complexity index is 2460. The SMILES string of the molecule is CCc1cc2c(cc1/C(C=NCC1CN(c3ccc4c(c3)C(=O)C(CCC3CCC(=O)NC3=O)C4=O)C1)=C/N)C(C)(C)c1[nH]c3cc(C#N)ccc3c1C2=O.